The van der Waals surface area contributed by atoms with Crippen molar-refractivity contribution < 1.29 is 19.1 Å². The minimum absolute atomic E-state index is 0.0115. The molecule has 4 nitrogen and oxygen atoms in total. The summed E-state index contributed by atoms with van der Waals surface area (Å²) in [5.74, 6) is -1.92. The molecule has 0 aliphatic carbocycles. The largest absolute Gasteiger partial charge is 0.481 e. The second-order valence-corrected chi connectivity index (χ2v) is 5.64. The molecule has 0 saturated carbocycles. The predicted octanol–water partition coefficient (Wildman–Crippen LogP) is 3.34. The number of carboxylic acid groups (broad SMARTS) is 1. The lowest BCUT2D eigenvalue weighted by molar-refractivity contribution is -0.137. The zero-order chi connectivity index (χ0) is 15.4. The summed E-state index contributed by atoms with van der Waals surface area (Å²) in [6, 6.07) is 3.83. The van der Waals surface area contributed by atoms with E-state index in [1.54, 1.807) is 4.90 Å². The van der Waals surface area contributed by atoms with Gasteiger partial charge in [-0.3, -0.25) is 9.59 Å². The summed E-state index contributed by atoms with van der Waals surface area (Å²) in [5.41, 5.74) is -0.0124. The van der Waals surface area contributed by atoms with Crippen molar-refractivity contribution in [3.63, 3.8) is 0 Å². The van der Waals surface area contributed by atoms with Gasteiger partial charge in [0.15, 0.2) is 0 Å². The first-order valence-corrected chi connectivity index (χ1v) is 7.34. The highest BCUT2D eigenvalue weighted by atomic mass is 35.5. The van der Waals surface area contributed by atoms with Crippen LogP contribution >= 0.6 is 11.6 Å². The lowest BCUT2D eigenvalue weighted by Gasteiger charge is -2.35. The van der Waals surface area contributed by atoms with E-state index in [1.807, 2.05) is 0 Å². The zero-order valence-electron chi connectivity index (χ0n) is 11.5. The molecule has 1 saturated heterocycles. The van der Waals surface area contributed by atoms with Gasteiger partial charge in [0.2, 0.25) is 0 Å². The molecular weight excluding hydrogens is 297 g/mol. The van der Waals surface area contributed by atoms with Gasteiger partial charge in [-0.2, -0.15) is 0 Å². The Kier molecular flexibility index (Phi) is 5.17. The van der Waals surface area contributed by atoms with Crippen LogP contribution in [0.4, 0.5) is 4.39 Å². The molecular formula is C15H17ClFNO3. The fraction of sp³-hybridized carbons (Fsp3) is 0.467. The third kappa shape index (κ3) is 3.94. The Morgan fingerprint density at radius 2 is 2.14 bits per heavy atom. The maximum absolute atomic E-state index is 13.9. The number of carbonyl (C=O) groups excluding carboxylic acids is 1. The van der Waals surface area contributed by atoms with E-state index in [9.17, 15) is 14.0 Å². The molecule has 0 bridgehead atoms. The minimum atomic E-state index is -0.884. The first-order valence-electron chi connectivity index (χ1n) is 6.97. The quantitative estimate of drug-likeness (QED) is 0.927. The summed E-state index contributed by atoms with van der Waals surface area (Å²) in [6.07, 6.45) is 2.98. The van der Waals surface area contributed by atoms with Crippen LogP contribution in [0.5, 0.6) is 0 Å². The molecule has 0 unspecified atom stereocenters. The van der Waals surface area contributed by atoms with Gasteiger partial charge in [-0.1, -0.05) is 11.6 Å². The van der Waals surface area contributed by atoms with Gasteiger partial charge in [-0.05, 0) is 43.9 Å². The zero-order valence-corrected chi connectivity index (χ0v) is 12.3. The normalized spacial score (nSPS) is 18.6. The van der Waals surface area contributed by atoms with E-state index in [1.165, 1.54) is 12.1 Å². The van der Waals surface area contributed by atoms with Crippen molar-refractivity contribution >= 4 is 23.5 Å². The summed E-state index contributed by atoms with van der Waals surface area (Å²) >= 11 is 5.69. The molecule has 1 aliphatic heterocycles. The van der Waals surface area contributed by atoms with E-state index in [4.69, 9.17) is 16.7 Å². The maximum atomic E-state index is 13.9. The summed E-state index contributed by atoms with van der Waals surface area (Å²) in [4.78, 5) is 24.8. The second-order valence-electron chi connectivity index (χ2n) is 5.20. The maximum Gasteiger partial charge on any atom is 0.303 e. The first kappa shape index (κ1) is 15.8. The van der Waals surface area contributed by atoms with E-state index >= 15 is 0 Å². The number of rotatable bonds is 4. The second kappa shape index (κ2) is 6.89. The predicted molar refractivity (Wildman–Crippen MR) is 77.0 cm³/mol. The molecule has 1 N–H and O–H groups in total. The first-order chi connectivity index (χ1) is 9.99. The lowest BCUT2D eigenvalue weighted by Crippen LogP contribution is -2.44. The molecule has 1 amide bonds. The third-order valence-electron chi connectivity index (χ3n) is 3.74. The van der Waals surface area contributed by atoms with Crippen LogP contribution in [0.1, 0.15) is 42.5 Å². The summed E-state index contributed by atoms with van der Waals surface area (Å²) in [6.45, 7) is 0.533. The molecule has 1 aromatic rings. The van der Waals surface area contributed by atoms with Crippen molar-refractivity contribution in [3.05, 3.63) is 34.6 Å². The number of amides is 1. The molecule has 1 aliphatic rings. The standard InChI is InChI=1S/C15H17ClFNO3/c16-10-4-6-12(13(17)9-10)15(21)18-8-2-1-3-11(18)5-7-14(19)20/h4,6,9,11H,1-3,5,7-8H2,(H,19,20)/t11-/m0/s1. The summed E-state index contributed by atoms with van der Waals surface area (Å²) in [5, 5.41) is 9.02. The number of carbonyl (C=O) groups is 2. The Balaban J connectivity index is 2.16. The number of nitrogens with zero attached hydrogens (tertiary/aromatic N) is 1. The van der Waals surface area contributed by atoms with Crippen molar-refractivity contribution in [1.29, 1.82) is 0 Å². The average molecular weight is 314 g/mol. The smallest absolute Gasteiger partial charge is 0.303 e. The number of likely N-dealkylation sites (tertiary alicyclic amines) is 1. The molecule has 2 rings (SSSR count). The lowest BCUT2D eigenvalue weighted by atomic mass is 9.97. The van der Waals surface area contributed by atoms with Gasteiger partial charge >= 0.3 is 5.97 Å². The van der Waals surface area contributed by atoms with Crippen molar-refractivity contribution in [2.45, 2.75) is 38.1 Å². The van der Waals surface area contributed by atoms with Gasteiger partial charge in [0.05, 0.1) is 5.56 Å². The molecule has 6 heteroatoms. The molecule has 1 aromatic carbocycles. The van der Waals surface area contributed by atoms with Crippen LogP contribution in [-0.4, -0.2) is 34.5 Å². The summed E-state index contributed by atoms with van der Waals surface area (Å²) < 4.78 is 13.9. The Bertz CT molecular complexity index is 550. The van der Waals surface area contributed by atoms with E-state index in [-0.39, 0.29) is 29.0 Å². The Morgan fingerprint density at radius 1 is 1.38 bits per heavy atom. The molecule has 0 radical (unpaired) electrons. The monoisotopic (exact) mass is 313 g/mol. The van der Waals surface area contributed by atoms with Crippen LogP contribution < -0.4 is 0 Å². The Morgan fingerprint density at radius 3 is 2.81 bits per heavy atom. The van der Waals surface area contributed by atoms with Crippen molar-refractivity contribution in [2.75, 3.05) is 6.54 Å². The van der Waals surface area contributed by atoms with Gasteiger partial charge in [0.25, 0.3) is 5.91 Å². The van der Waals surface area contributed by atoms with Crippen LogP contribution in [0.2, 0.25) is 5.02 Å². The number of piperidine rings is 1. The van der Waals surface area contributed by atoms with E-state index < -0.39 is 11.8 Å². The fourth-order valence-electron chi connectivity index (χ4n) is 2.68. The molecule has 0 spiro atoms. The highest BCUT2D eigenvalue weighted by Gasteiger charge is 2.29. The van der Waals surface area contributed by atoms with Crippen LogP contribution in [0.3, 0.4) is 0 Å². The molecule has 1 heterocycles. The van der Waals surface area contributed by atoms with Crippen LogP contribution in [-0.2, 0) is 4.79 Å². The fourth-order valence-corrected chi connectivity index (χ4v) is 2.83. The molecule has 1 fully saturated rings. The average Bonchev–Trinajstić information content (AvgIpc) is 2.45. The molecule has 114 valence electrons. The highest BCUT2D eigenvalue weighted by molar-refractivity contribution is 6.30. The molecule has 21 heavy (non-hydrogen) atoms. The Labute approximate surface area is 127 Å². The molecule has 1 atom stereocenters. The van der Waals surface area contributed by atoms with Gasteiger partial charge in [-0.25, -0.2) is 4.39 Å². The summed E-state index contributed by atoms with van der Waals surface area (Å²) in [7, 11) is 0. The van der Waals surface area contributed by atoms with Gasteiger partial charge < -0.3 is 10.0 Å². The van der Waals surface area contributed by atoms with Crippen molar-refractivity contribution in [2.24, 2.45) is 0 Å². The number of hydrogen-bond donors (Lipinski definition) is 1. The number of aliphatic carboxylic acids is 1. The highest BCUT2D eigenvalue weighted by Crippen LogP contribution is 2.24. The SMILES string of the molecule is O=C(O)CC[C@@H]1CCCCN1C(=O)c1ccc(Cl)cc1F. The topological polar surface area (TPSA) is 57.6 Å². The van der Waals surface area contributed by atoms with Crippen LogP contribution in [0.25, 0.3) is 0 Å². The molecule has 0 aromatic heterocycles. The number of hydrogen-bond acceptors (Lipinski definition) is 2. The van der Waals surface area contributed by atoms with E-state index in [0.29, 0.717) is 13.0 Å². The Hall–Kier alpha value is -1.62. The number of benzene rings is 1. The number of halogens is 2. The van der Waals surface area contributed by atoms with Crippen molar-refractivity contribution in [3.8, 4) is 0 Å². The minimum Gasteiger partial charge on any atom is -0.481 e. The van der Waals surface area contributed by atoms with Gasteiger partial charge in [0.1, 0.15) is 5.82 Å². The third-order valence-corrected chi connectivity index (χ3v) is 3.98. The number of carboxylic acids is 1. The van der Waals surface area contributed by atoms with Gasteiger partial charge in [-0.15, -0.1) is 0 Å². The van der Waals surface area contributed by atoms with Crippen molar-refractivity contribution in [1.82, 2.24) is 4.90 Å². The van der Waals surface area contributed by atoms with E-state index in [0.717, 1.165) is 25.3 Å². The van der Waals surface area contributed by atoms with Crippen LogP contribution in [0.15, 0.2) is 18.2 Å². The van der Waals surface area contributed by atoms with Gasteiger partial charge in [0, 0.05) is 24.0 Å². The van der Waals surface area contributed by atoms with E-state index in [2.05, 4.69) is 0 Å². The van der Waals surface area contributed by atoms with Crippen LogP contribution in [0, 0.1) is 5.82 Å².